The molecule has 0 bridgehead atoms. The quantitative estimate of drug-likeness (QED) is 0.746. The van der Waals surface area contributed by atoms with E-state index in [-0.39, 0.29) is 4.21 Å². The summed E-state index contributed by atoms with van der Waals surface area (Å²) >= 11 is 10.1. The normalized spacial score (nSPS) is 20.7. The zero-order valence-electron chi connectivity index (χ0n) is 9.93. The Morgan fingerprint density at radius 2 is 2.32 bits per heavy atom. The van der Waals surface area contributed by atoms with Crippen molar-refractivity contribution in [1.29, 1.82) is 0 Å². The molecule has 1 aromatic heterocycles. The van der Waals surface area contributed by atoms with Crippen LogP contribution in [0.1, 0.15) is 12.8 Å². The van der Waals surface area contributed by atoms with E-state index in [0.717, 1.165) is 11.3 Å². The van der Waals surface area contributed by atoms with E-state index in [4.69, 9.17) is 11.6 Å². The fourth-order valence-electron chi connectivity index (χ4n) is 1.97. The number of sulfonamides is 1. The molecule has 1 aromatic rings. The zero-order valence-corrected chi connectivity index (χ0v) is 13.9. The third kappa shape index (κ3) is 2.82. The van der Waals surface area contributed by atoms with E-state index >= 15 is 0 Å². The van der Waals surface area contributed by atoms with Gasteiger partial charge in [-0.15, -0.1) is 11.3 Å². The second kappa shape index (κ2) is 5.69. The van der Waals surface area contributed by atoms with Crippen LogP contribution in [0.5, 0.6) is 0 Å². The third-order valence-corrected chi connectivity index (χ3v) is 7.69. The smallest absolute Gasteiger partial charge is 0.324 e. The van der Waals surface area contributed by atoms with E-state index in [0.29, 0.717) is 28.2 Å². The van der Waals surface area contributed by atoms with Gasteiger partial charge < -0.3 is 4.74 Å². The number of thiophene rings is 1. The van der Waals surface area contributed by atoms with Gasteiger partial charge in [-0.2, -0.15) is 4.31 Å². The van der Waals surface area contributed by atoms with Crippen molar-refractivity contribution < 1.29 is 17.9 Å². The van der Waals surface area contributed by atoms with Crippen molar-refractivity contribution in [2.75, 3.05) is 13.7 Å². The van der Waals surface area contributed by atoms with Crippen molar-refractivity contribution in [3.05, 3.63) is 14.9 Å². The molecule has 2 rings (SSSR count). The second-order valence-corrected chi connectivity index (χ2v) is 8.88. The number of halogens is 2. The van der Waals surface area contributed by atoms with Gasteiger partial charge >= 0.3 is 5.97 Å². The van der Waals surface area contributed by atoms with Crippen LogP contribution in [0.2, 0.25) is 5.02 Å². The van der Waals surface area contributed by atoms with Crippen LogP contribution >= 0.6 is 38.9 Å². The maximum absolute atomic E-state index is 12.5. The molecule has 19 heavy (non-hydrogen) atoms. The standard InChI is InChI=1S/C10H11BrClNO4S2/c1-17-10(14)7-3-2-4-13(7)19(15,16)8-5-6(12)9(11)18-8/h5,7H,2-4H2,1H3. The van der Waals surface area contributed by atoms with Gasteiger partial charge in [0, 0.05) is 6.54 Å². The Morgan fingerprint density at radius 1 is 1.63 bits per heavy atom. The lowest BCUT2D eigenvalue weighted by molar-refractivity contribution is -0.144. The Hall–Kier alpha value is -0.150. The van der Waals surface area contributed by atoms with Crippen LogP contribution in [-0.4, -0.2) is 38.4 Å². The van der Waals surface area contributed by atoms with Crippen LogP contribution in [0.3, 0.4) is 0 Å². The fraction of sp³-hybridized carbons (Fsp3) is 0.500. The lowest BCUT2D eigenvalue weighted by atomic mass is 10.2. The highest BCUT2D eigenvalue weighted by Crippen LogP contribution is 2.37. The summed E-state index contributed by atoms with van der Waals surface area (Å²) in [6, 6.07) is 0.646. The van der Waals surface area contributed by atoms with Gasteiger partial charge in [0.1, 0.15) is 10.3 Å². The number of nitrogens with zero attached hydrogens (tertiary/aromatic N) is 1. The molecule has 5 nitrogen and oxygen atoms in total. The molecule has 9 heteroatoms. The van der Waals surface area contributed by atoms with Gasteiger partial charge in [-0.1, -0.05) is 11.6 Å². The number of hydrogen-bond acceptors (Lipinski definition) is 5. The van der Waals surface area contributed by atoms with E-state index in [9.17, 15) is 13.2 Å². The molecule has 0 amide bonds. The summed E-state index contributed by atoms with van der Waals surface area (Å²) in [5.74, 6) is -0.525. The van der Waals surface area contributed by atoms with Crippen LogP contribution in [0.15, 0.2) is 14.1 Å². The predicted octanol–water partition coefficient (Wildman–Crippen LogP) is 2.49. The Labute approximate surface area is 128 Å². The molecule has 0 N–H and O–H groups in total. The first-order chi connectivity index (χ1) is 8.87. The van der Waals surface area contributed by atoms with Gasteiger partial charge in [-0.05, 0) is 34.8 Å². The van der Waals surface area contributed by atoms with Crippen molar-refractivity contribution in [2.24, 2.45) is 0 Å². The molecule has 106 valence electrons. The molecule has 1 unspecified atom stereocenters. The molecule has 0 saturated carbocycles. The maximum atomic E-state index is 12.5. The highest BCUT2D eigenvalue weighted by molar-refractivity contribution is 9.11. The lowest BCUT2D eigenvalue weighted by Gasteiger charge is -2.21. The Kier molecular flexibility index (Phi) is 4.56. The van der Waals surface area contributed by atoms with E-state index < -0.39 is 22.0 Å². The minimum atomic E-state index is -3.71. The topological polar surface area (TPSA) is 63.7 Å². The van der Waals surface area contributed by atoms with Gasteiger partial charge in [-0.3, -0.25) is 4.79 Å². The van der Waals surface area contributed by atoms with Crippen LogP contribution < -0.4 is 0 Å². The molecule has 0 spiro atoms. The highest BCUT2D eigenvalue weighted by Gasteiger charge is 2.40. The summed E-state index contributed by atoms with van der Waals surface area (Å²) in [5.41, 5.74) is 0. The van der Waals surface area contributed by atoms with Crippen LogP contribution in [0.25, 0.3) is 0 Å². The van der Waals surface area contributed by atoms with Crippen molar-refractivity contribution in [3.8, 4) is 0 Å². The fourth-order valence-corrected chi connectivity index (χ4v) is 6.14. The molecular formula is C10H11BrClNO4S2. The van der Waals surface area contributed by atoms with Gasteiger partial charge in [0.2, 0.25) is 0 Å². The zero-order chi connectivity index (χ0) is 14.2. The minimum absolute atomic E-state index is 0.125. The summed E-state index contributed by atoms with van der Waals surface area (Å²) in [7, 11) is -2.45. The number of ether oxygens (including phenoxy) is 1. The van der Waals surface area contributed by atoms with Gasteiger partial charge in [0.25, 0.3) is 10.0 Å². The summed E-state index contributed by atoms with van der Waals surface area (Å²) in [6.07, 6.45) is 1.12. The predicted molar refractivity (Wildman–Crippen MR) is 76.0 cm³/mol. The molecule has 0 radical (unpaired) electrons. The first-order valence-electron chi connectivity index (χ1n) is 5.42. The molecule has 0 aromatic carbocycles. The molecular weight excluding hydrogens is 378 g/mol. The number of carbonyl (C=O) groups excluding carboxylic acids is 1. The summed E-state index contributed by atoms with van der Waals surface area (Å²) < 4.78 is 31.5. The molecule has 1 fully saturated rings. The van der Waals surface area contributed by atoms with E-state index in [1.165, 1.54) is 17.5 Å². The Bertz CT molecular complexity index is 581. The third-order valence-electron chi connectivity index (χ3n) is 2.86. The van der Waals surface area contributed by atoms with Crippen molar-refractivity contribution >= 4 is 54.9 Å². The average Bonchev–Trinajstić information content (AvgIpc) is 2.97. The average molecular weight is 389 g/mol. The van der Waals surface area contributed by atoms with Crippen LogP contribution in [0, 0.1) is 0 Å². The molecule has 2 heterocycles. The first kappa shape index (κ1) is 15.2. The first-order valence-corrected chi connectivity index (χ1v) is 8.85. The lowest BCUT2D eigenvalue weighted by Crippen LogP contribution is -2.40. The largest absolute Gasteiger partial charge is 0.468 e. The van der Waals surface area contributed by atoms with Gasteiger partial charge in [-0.25, -0.2) is 8.42 Å². The molecule has 1 saturated heterocycles. The van der Waals surface area contributed by atoms with E-state index in [2.05, 4.69) is 20.7 Å². The van der Waals surface area contributed by atoms with Gasteiger partial charge in [0.15, 0.2) is 0 Å². The van der Waals surface area contributed by atoms with Crippen LogP contribution in [0.4, 0.5) is 0 Å². The minimum Gasteiger partial charge on any atom is -0.468 e. The number of hydrogen-bond donors (Lipinski definition) is 0. The molecule has 0 aliphatic carbocycles. The molecule has 1 atom stereocenters. The molecule has 1 aliphatic heterocycles. The van der Waals surface area contributed by atoms with E-state index in [1.807, 2.05) is 0 Å². The Morgan fingerprint density at radius 3 is 2.84 bits per heavy atom. The summed E-state index contributed by atoms with van der Waals surface area (Å²) in [4.78, 5) is 11.6. The van der Waals surface area contributed by atoms with Crippen LogP contribution in [-0.2, 0) is 19.6 Å². The number of carbonyl (C=O) groups is 1. The van der Waals surface area contributed by atoms with Gasteiger partial charge in [0.05, 0.1) is 15.9 Å². The number of esters is 1. The second-order valence-electron chi connectivity index (χ2n) is 3.98. The van der Waals surface area contributed by atoms with E-state index in [1.54, 1.807) is 0 Å². The maximum Gasteiger partial charge on any atom is 0.324 e. The Balaban J connectivity index is 2.36. The van der Waals surface area contributed by atoms with Crippen molar-refractivity contribution in [1.82, 2.24) is 4.31 Å². The molecule has 1 aliphatic rings. The highest BCUT2D eigenvalue weighted by atomic mass is 79.9. The SMILES string of the molecule is COC(=O)C1CCCN1S(=O)(=O)c1cc(Cl)c(Br)s1. The number of methoxy groups -OCH3 is 1. The summed E-state index contributed by atoms with van der Waals surface area (Å²) in [5, 5.41) is 0.345. The monoisotopic (exact) mass is 387 g/mol. The number of rotatable bonds is 3. The van der Waals surface area contributed by atoms with Crippen molar-refractivity contribution in [3.63, 3.8) is 0 Å². The summed E-state index contributed by atoms with van der Waals surface area (Å²) in [6.45, 7) is 0.315. The van der Waals surface area contributed by atoms with Crippen molar-refractivity contribution in [2.45, 2.75) is 23.1 Å².